The Morgan fingerprint density at radius 1 is 1.00 bits per heavy atom. The van der Waals surface area contributed by atoms with Crippen molar-refractivity contribution in [3.8, 4) is 11.5 Å². The summed E-state index contributed by atoms with van der Waals surface area (Å²) < 4.78 is 10.6. The van der Waals surface area contributed by atoms with E-state index < -0.39 is 0 Å². The molecule has 1 aromatic heterocycles. The van der Waals surface area contributed by atoms with Gasteiger partial charge in [-0.05, 0) is 43.3 Å². The van der Waals surface area contributed by atoms with Gasteiger partial charge in [0.1, 0.15) is 29.0 Å². The third-order valence-electron chi connectivity index (χ3n) is 4.13. The summed E-state index contributed by atoms with van der Waals surface area (Å²) in [6.45, 7) is 1.76. The lowest BCUT2D eigenvalue weighted by Crippen LogP contribution is -2.20. The van der Waals surface area contributed by atoms with Gasteiger partial charge in [-0.3, -0.25) is 4.79 Å². The topological polar surface area (TPSA) is 88.6 Å². The summed E-state index contributed by atoms with van der Waals surface area (Å²) in [6, 6.07) is 16.3. The fourth-order valence-electron chi connectivity index (χ4n) is 2.67. The predicted octanol–water partition coefficient (Wildman–Crippen LogP) is 3.62. The molecule has 0 saturated carbocycles. The Bertz CT molecular complexity index is 1010. The molecule has 0 fully saturated rings. The molecule has 8 nitrogen and oxygen atoms in total. The normalized spacial score (nSPS) is 10.3. The molecule has 1 heterocycles. The number of hydrogen-bond acceptors (Lipinski definition) is 7. The lowest BCUT2D eigenvalue weighted by atomic mass is 10.2. The number of nitrogens with zero attached hydrogens (tertiary/aromatic N) is 3. The molecule has 1 amide bonds. The standard InChI is InChI=1S/C22H25N5O3/c1-15-23-20(13-21(24-15)27(2)3)25-16-8-10-17(11-9-16)26-22(28)14-30-19-7-5-6-18(12-19)29-4/h5-13H,14H2,1-4H3,(H,26,28)(H,23,24,25). The van der Waals surface area contributed by atoms with Gasteiger partial charge in [0.25, 0.3) is 5.91 Å². The number of rotatable bonds is 8. The summed E-state index contributed by atoms with van der Waals surface area (Å²) in [5.74, 6) is 3.21. The maximum Gasteiger partial charge on any atom is 0.262 e. The van der Waals surface area contributed by atoms with Crippen molar-refractivity contribution in [2.45, 2.75) is 6.92 Å². The smallest absolute Gasteiger partial charge is 0.262 e. The van der Waals surface area contributed by atoms with Crippen molar-refractivity contribution < 1.29 is 14.3 Å². The number of carbonyl (C=O) groups excluding carboxylic acids is 1. The van der Waals surface area contributed by atoms with Gasteiger partial charge < -0.3 is 25.0 Å². The van der Waals surface area contributed by atoms with Crippen LogP contribution in [0.4, 0.5) is 23.0 Å². The van der Waals surface area contributed by atoms with Crippen LogP contribution in [-0.4, -0.2) is 43.7 Å². The average molecular weight is 407 g/mol. The fraction of sp³-hybridized carbons (Fsp3) is 0.227. The number of carbonyl (C=O) groups is 1. The Balaban J connectivity index is 1.56. The monoisotopic (exact) mass is 407 g/mol. The lowest BCUT2D eigenvalue weighted by Gasteiger charge is -2.14. The largest absolute Gasteiger partial charge is 0.497 e. The maximum absolute atomic E-state index is 12.2. The Labute approximate surface area is 175 Å². The van der Waals surface area contributed by atoms with E-state index >= 15 is 0 Å². The van der Waals surface area contributed by atoms with Crippen LogP contribution in [0, 0.1) is 6.92 Å². The summed E-state index contributed by atoms with van der Waals surface area (Å²) in [6.07, 6.45) is 0. The van der Waals surface area contributed by atoms with Gasteiger partial charge in [0, 0.05) is 37.6 Å². The summed E-state index contributed by atoms with van der Waals surface area (Å²) in [5, 5.41) is 6.06. The molecule has 0 aliphatic heterocycles. The summed E-state index contributed by atoms with van der Waals surface area (Å²) in [5.41, 5.74) is 1.52. The first-order valence-corrected chi connectivity index (χ1v) is 9.40. The first-order chi connectivity index (χ1) is 14.4. The number of anilines is 4. The zero-order chi connectivity index (χ0) is 21.5. The van der Waals surface area contributed by atoms with E-state index in [-0.39, 0.29) is 12.5 Å². The molecule has 8 heteroatoms. The summed E-state index contributed by atoms with van der Waals surface area (Å²) >= 11 is 0. The van der Waals surface area contributed by atoms with Crippen LogP contribution in [0.1, 0.15) is 5.82 Å². The SMILES string of the molecule is COc1cccc(OCC(=O)Nc2ccc(Nc3cc(N(C)C)nc(C)n3)cc2)c1. The Kier molecular flexibility index (Phi) is 6.69. The Morgan fingerprint density at radius 3 is 2.40 bits per heavy atom. The molecule has 0 aliphatic carbocycles. The van der Waals surface area contributed by atoms with Gasteiger partial charge in [0.2, 0.25) is 0 Å². The van der Waals surface area contributed by atoms with Crippen molar-refractivity contribution in [3.63, 3.8) is 0 Å². The van der Waals surface area contributed by atoms with Crippen LogP contribution < -0.4 is 25.0 Å². The van der Waals surface area contributed by atoms with E-state index in [2.05, 4.69) is 20.6 Å². The van der Waals surface area contributed by atoms with Crippen molar-refractivity contribution in [1.82, 2.24) is 9.97 Å². The predicted molar refractivity (Wildman–Crippen MR) is 118 cm³/mol. The molecule has 2 aromatic carbocycles. The minimum absolute atomic E-state index is 0.0965. The van der Waals surface area contributed by atoms with Crippen molar-refractivity contribution in [2.75, 3.05) is 43.3 Å². The van der Waals surface area contributed by atoms with Gasteiger partial charge in [-0.1, -0.05) is 6.07 Å². The highest BCUT2D eigenvalue weighted by Crippen LogP contribution is 2.21. The van der Waals surface area contributed by atoms with E-state index in [4.69, 9.17) is 9.47 Å². The van der Waals surface area contributed by atoms with E-state index in [0.717, 1.165) is 11.5 Å². The van der Waals surface area contributed by atoms with Gasteiger partial charge in [-0.2, -0.15) is 0 Å². The van der Waals surface area contributed by atoms with Gasteiger partial charge in [-0.25, -0.2) is 9.97 Å². The van der Waals surface area contributed by atoms with E-state index in [0.29, 0.717) is 28.8 Å². The first-order valence-electron chi connectivity index (χ1n) is 9.40. The molecule has 156 valence electrons. The highest BCUT2D eigenvalue weighted by Gasteiger charge is 2.07. The molecule has 30 heavy (non-hydrogen) atoms. The van der Waals surface area contributed by atoms with Crippen molar-refractivity contribution in [2.24, 2.45) is 0 Å². The molecule has 0 saturated heterocycles. The molecule has 0 aliphatic rings. The Morgan fingerprint density at radius 2 is 1.70 bits per heavy atom. The molecule has 0 radical (unpaired) electrons. The van der Waals surface area contributed by atoms with Gasteiger partial charge in [0.05, 0.1) is 7.11 Å². The zero-order valence-electron chi connectivity index (χ0n) is 17.5. The van der Waals surface area contributed by atoms with Crippen LogP contribution in [-0.2, 0) is 4.79 Å². The van der Waals surface area contributed by atoms with Crippen LogP contribution in [0.2, 0.25) is 0 Å². The minimum atomic E-state index is -0.249. The highest BCUT2D eigenvalue weighted by atomic mass is 16.5. The second-order valence-corrected chi connectivity index (χ2v) is 6.77. The van der Waals surface area contributed by atoms with Crippen LogP contribution in [0.5, 0.6) is 11.5 Å². The van der Waals surface area contributed by atoms with Gasteiger partial charge >= 0.3 is 0 Å². The number of hydrogen-bond donors (Lipinski definition) is 2. The molecule has 2 N–H and O–H groups in total. The first kappa shape index (κ1) is 20.9. The minimum Gasteiger partial charge on any atom is -0.497 e. The number of amides is 1. The molecule has 0 unspecified atom stereocenters. The fourth-order valence-corrected chi connectivity index (χ4v) is 2.67. The molecule has 0 atom stereocenters. The third kappa shape index (κ3) is 5.84. The van der Waals surface area contributed by atoms with E-state index in [9.17, 15) is 4.79 Å². The number of nitrogens with one attached hydrogen (secondary N) is 2. The van der Waals surface area contributed by atoms with E-state index in [1.54, 1.807) is 25.3 Å². The third-order valence-corrected chi connectivity index (χ3v) is 4.13. The van der Waals surface area contributed by atoms with E-state index in [1.807, 2.05) is 62.3 Å². The number of aryl methyl sites for hydroxylation is 1. The van der Waals surface area contributed by atoms with Gasteiger partial charge in [-0.15, -0.1) is 0 Å². The zero-order valence-corrected chi connectivity index (χ0v) is 17.5. The number of methoxy groups -OCH3 is 1. The number of benzene rings is 2. The van der Waals surface area contributed by atoms with Gasteiger partial charge in [0.15, 0.2) is 6.61 Å². The molecular formula is C22H25N5O3. The number of ether oxygens (including phenoxy) is 2. The molecule has 0 spiro atoms. The summed E-state index contributed by atoms with van der Waals surface area (Å²) in [4.78, 5) is 22.9. The van der Waals surface area contributed by atoms with Crippen LogP contribution in [0.25, 0.3) is 0 Å². The molecular weight excluding hydrogens is 382 g/mol. The second kappa shape index (κ2) is 9.60. The highest BCUT2D eigenvalue weighted by molar-refractivity contribution is 5.92. The Hall–Kier alpha value is -3.81. The van der Waals surface area contributed by atoms with Crippen LogP contribution in [0.15, 0.2) is 54.6 Å². The maximum atomic E-state index is 12.2. The van der Waals surface area contributed by atoms with Crippen molar-refractivity contribution in [1.29, 1.82) is 0 Å². The van der Waals surface area contributed by atoms with Crippen molar-refractivity contribution in [3.05, 3.63) is 60.4 Å². The van der Waals surface area contributed by atoms with Crippen molar-refractivity contribution >= 4 is 28.9 Å². The molecule has 3 aromatic rings. The van der Waals surface area contributed by atoms with Crippen LogP contribution >= 0.6 is 0 Å². The quantitative estimate of drug-likeness (QED) is 0.589. The lowest BCUT2D eigenvalue weighted by molar-refractivity contribution is -0.118. The average Bonchev–Trinajstić information content (AvgIpc) is 2.73. The van der Waals surface area contributed by atoms with E-state index in [1.165, 1.54) is 0 Å². The molecule has 0 bridgehead atoms. The van der Waals surface area contributed by atoms with Crippen LogP contribution in [0.3, 0.4) is 0 Å². The molecule has 3 rings (SSSR count). The number of aromatic nitrogens is 2. The summed E-state index contributed by atoms with van der Waals surface area (Å²) in [7, 11) is 5.44. The second-order valence-electron chi connectivity index (χ2n) is 6.77.